The molecule has 1 aliphatic heterocycles. The molecule has 0 bridgehead atoms. The summed E-state index contributed by atoms with van der Waals surface area (Å²) in [7, 11) is 0. The summed E-state index contributed by atoms with van der Waals surface area (Å²) in [6.07, 6.45) is 1.45. The fourth-order valence-electron chi connectivity index (χ4n) is 2.99. The zero-order valence-corrected chi connectivity index (χ0v) is 16.2. The van der Waals surface area contributed by atoms with E-state index in [4.69, 9.17) is 4.42 Å². The van der Waals surface area contributed by atoms with Gasteiger partial charge in [0, 0.05) is 37.6 Å². The number of furan rings is 1. The Balaban J connectivity index is 1.31. The number of thiophene rings is 2. The zero-order chi connectivity index (χ0) is 18.6. The molecule has 1 N–H and O–H groups in total. The third-order valence-corrected chi connectivity index (χ3v) is 6.27. The maximum atomic E-state index is 12.7. The van der Waals surface area contributed by atoms with Crippen LogP contribution in [0.5, 0.6) is 0 Å². The van der Waals surface area contributed by atoms with E-state index in [1.54, 1.807) is 35.6 Å². The first-order valence-electron chi connectivity index (χ1n) is 8.68. The first kappa shape index (κ1) is 18.0. The highest BCUT2D eigenvalue weighted by Gasteiger charge is 2.23. The molecule has 0 radical (unpaired) electrons. The standard InChI is InChI=1S/C19H19N3O3S2/c23-18(15-4-1-11-25-15)20-17-6-5-16(27-17)19(24)22-9-7-21(8-10-22)13-14-3-2-12-26-14/h1-6,11-12H,7-10,13H2,(H,20,23). The number of nitrogens with one attached hydrogen (secondary N) is 1. The van der Waals surface area contributed by atoms with Gasteiger partial charge in [-0.2, -0.15) is 0 Å². The van der Waals surface area contributed by atoms with Gasteiger partial charge in [0.1, 0.15) is 0 Å². The van der Waals surface area contributed by atoms with Gasteiger partial charge < -0.3 is 14.6 Å². The second-order valence-corrected chi connectivity index (χ2v) is 8.36. The molecule has 6 nitrogen and oxygen atoms in total. The van der Waals surface area contributed by atoms with Gasteiger partial charge in [0.2, 0.25) is 0 Å². The molecule has 1 aliphatic rings. The van der Waals surface area contributed by atoms with Crippen LogP contribution in [0.3, 0.4) is 0 Å². The average Bonchev–Trinajstić information content (AvgIpc) is 3.44. The van der Waals surface area contributed by atoms with Crippen molar-refractivity contribution in [1.29, 1.82) is 0 Å². The number of carbonyl (C=O) groups excluding carboxylic acids is 2. The van der Waals surface area contributed by atoms with Crippen molar-refractivity contribution in [3.8, 4) is 0 Å². The maximum absolute atomic E-state index is 12.7. The minimum absolute atomic E-state index is 0.0225. The van der Waals surface area contributed by atoms with E-state index in [-0.39, 0.29) is 17.6 Å². The number of piperazine rings is 1. The number of hydrogen-bond acceptors (Lipinski definition) is 6. The van der Waals surface area contributed by atoms with Gasteiger partial charge in [0.25, 0.3) is 11.8 Å². The predicted octanol–water partition coefficient (Wildman–Crippen LogP) is 3.61. The molecule has 2 amide bonds. The molecule has 0 atom stereocenters. The van der Waals surface area contributed by atoms with Crippen molar-refractivity contribution < 1.29 is 14.0 Å². The Bertz CT molecular complexity index is 895. The monoisotopic (exact) mass is 401 g/mol. The highest BCUT2D eigenvalue weighted by molar-refractivity contribution is 7.18. The van der Waals surface area contributed by atoms with Crippen LogP contribution >= 0.6 is 22.7 Å². The zero-order valence-electron chi connectivity index (χ0n) is 14.6. The Labute approximate surface area is 165 Å². The third kappa shape index (κ3) is 4.29. The van der Waals surface area contributed by atoms with E-state index < -0.39 is 0 Å². The van der Waals surface area contributed by atoms with Gasteiger partial charge >= 0.3 is 0 Å². The second-order valence-electron chi connectivity index (χ2n) is 6.24. The van der Waals surface area contributed by atoms with E-state index in [9.17, 15) is 9.59 Å². The van der Waals surface area contributed by atoms with Crippen molar-refractivity contribution in [3.63, 3.8) is 0 Å². The molecule has 4 heterocycles. The summed E-state index contributed by atoms with van der Waals surface area (Å²) < 4.78 is 5.08. The van der Waals surface area contributed by atoms with Gasteiger partial charge in [-0.15, -0.1) is 22.7 Å². The van der Waals surface area contributed by atoms with Crippen molar-refractivity contribution in [3.05, 3.63) is 63.6 Å². The van der Waals surface area contributed by atoms with Crippen LogP contribution in [0.2, 0.25) is 0 Å². The lowest BCUT2D eigenvalue weighted by Crippen LogP contribution is -2.48. The van der Waals surface area contributed by atoms with Gasteiger partial charge in [0.15, 0.2) is 5.76 Å². The van der Waals surface area contributed by atoms with Crippen molar-refractivity contribution in [2.24, 2.45) is 0 Å². The number of rotatable bonds is 5. The summed E-state index contributed by atoms with van der Waals surface area (Å²) in [4.78, 5) is 31.0. The van der Waals surface area contributed by atoms with Crippen LogP contribution in [0.1, 0.15) is 25.1 Å². The number of carbonyl (C=O) groups is 2. The quantitative estimate of drug-likeness (QED) is 0.709. The Morgan fingerprint density at radius 3 is 2.63 bits per heavy atom. The highest BCUT2D eigenvalue weighted by Crippen LogP contribution is 2.24. The minimum Gasteiger partial charge on any atom is -0.459 e. The maximum Gasteiger partial charge on any atom is 0.291 e. The lowest BCUT2D eigenvalue weighted by atomic mass is 10.3. The summed E-state index contributed by atoms with van der Waals surface area (Å²) in [5, 5.41) is 5.49. The molecule has 0 unspecified atom stereocenters. The van der Waals surface area contributed by atoms with Crippen molar-refractivity contribution in [2.75, 3.05) is 31.5 Å². The third-order valence-electron chi connectivity index (χ3n) is 4.42. The summed E-state index contributed by atoms with van der Waals surface area (Å²) in [6, 6.07) is 11.0. The number of amides is 2. The van der Waals surface area contributed by atoms with Crippen LogP contribution < -0.4 is 5.32 Å². The number of hydrogen-bond donors (Lipinski definition) is 1. The summed E-state index contributed by atoms with van der Waals surface area (Å²) in [5.41, 5.74) is 0. The number of nitrogens with zero attached hydrogens (tertiary/aromatic N) is 2. The van der Waals surface area contributed by atoms with Crippen LogP contribution in [0.4, 0.5) is 5.00 Å². The van der Waals surface area contributed by atoms with E-state index in [2.05, 4.69) is 27.7 Å². The van der Waals surface area contributed by atoms with E-state index in [1.165, 1.54) is 22.5 Å². The van der Waals surface area contributed by atoms with Crippen molar-refractivity contribution in [1.82, 2.24) is 9.80 Å². The van der Waals surface area contributed by atoms with Gasteiger partial charge in [-0.1, -0.05) is 6.07 Å². The molecule has 0 spiro atoms. The van der Waals surface area contributed by atoms with Gasteiger partial charge in [-0.25, -0.2) is 0 Å². The highest BCUT2D eigenvalue weighted by atomic mass is 32.1. The summed E-state index contributed by atoms with van der Waals surface area (Å²) >= 11 is 3.05. The summed E-state index contributed by atoms with van der Waals surface area (Å²) in [6.45, 7) is 4.13. The molecular formula is C19H19N3O3S2. The molecule has 1 saturated heterocycles. The van der Waals surface area contributed by atoms with E-state index in [0.29, 0.717) is 9.88 Å². The molecule has 0 saturated carbocycles. The minimum atomic E-state index is -0.317. The Kier molecular flexibility index (Phi) is 5.38. The Hall–Kier alpha value is -2.42. The smallest absolute Gasteiger partial charge is 0.291 e. The van der Waals surface area contributed by atoms with Gasteiger partial charge in [-0.05, 0) is 35.7 Å². The van der Waals surface area contributed by atoms with Gasteiger partial charge in [-0.3, -0.25) is 14.5 Å². The van der Waals surface area contributed by atoms with E-state index >= 15 is 0 Å². The first-order chi connectivity index (χ1) is 13.2. The van der Waals surface area contributed by atoms with Crippen LogP contribution in [0.15, 0.2) is 52.5 Å². The largest absolute Gasteiger partial charge is 0.459 e. The molecular weight excluding hydrogens is 382 g/mol. The molecule has 8 heteroatoms. The van der Waals surface area contributed by atoms with Crippen molar-refractivity contribution >= 4 is 39.5 Å². The average molecular weight is 402 g/mol. The van der Waals surface area contributed by atoms with Crippen LogP contribution in [-0.4, -0.2) is 47.8 Å². The topological polar surface area (TPSA) is 65.8 Å². The molecule has 0 aliphatic carbocycles. The second kappa shape index (κ2) is 8.08. The summed E-state index contributed by atoms with van der Waals surface area (Å²) in [5.74, 6) is -0.0459. The molecule has 27 heavy (non-hydrogen) atoms. The van der Waals surface area contributed by atoms with Crippen molar-refractivity contribution in [2.45, 2.75) is 6.54 Å². The SMILES string of the molecule is O=C(Nc1ccc(C(=O)N2CCN(Cc3cccs3)CC2)s1)c1ccco1. The number of anilines is 1. The van der Waals surface area contributed by atoms with Crippen LogP contribution in [-0.2, 0) is 6.54 Å². The fraction of sp³-hybridized carbons (Fsp3) is 0.263. The normalized spacial score (nSPS) is 15.0. The molecule has 140 valence electrons. The molecule has 0 aromatic carbocycles. The Morgan fingerprint density at radius 1 is 1.07 bits per heavy atom. The molecule has 3 aromatic rings. The first-order valence-corrected chi connectivity index (χ1v) is 10.4. The van der Waals surface area contributed by atoms with E-state index in [0.717, 1.165) is 32.7 Å². The fourth-order valence-corrected chi connectivity index (χ4v) is 4.60. The van der Waals surface area contributed by atoms with Crippen LogP contribution in [0, 0.1) is 0 Å². The Morgan fingerprint density at radius 2 is 1.93 bits per heavy atom. The van der Waals surface area contributed by atoms with Crippen LogP contribution in [0.25, 0.3) is 0 Å². The predicted molar refractivity (Wildman–Crippen MR) is 106 cm³/mol. The molecule has 1 fully saturated rings. The molecule has 4 rings (SSSR count). The lowest BCUT2D eigenvalue weighted by molar-refractivity contribution is 0.0634. The van der Waals surface area contributed by atoms with Gasteiger partial charge in [0.05, 0.1) is 16.1 Å². The van der Waals surface area contributed by atoms with E-state index in [1.807, 2.05) is 4.90 Å². The lowest BCUT2D eigenvalue weighted by Gasteiger charge is -2.34. The molecule has 3 aromatic heterocycles.